The van der Waals surface area contributed by atoms with Gasteiger partial charge in [0.05, 0.1) is 11.9 Å². The maximum absolute atomic E-state index is 11.4. The first-order valence-electron chi connectivity index (χ1n) is 7.89. The molecule has 1 amide bonds. The summed E-state index contributed by atoms with van der Waals surface area (Å²) in [5.74, 6) is 0.642. The summed E-state index contributed by atoms with van der Waals surface area (Å²) in [5, 5.41) is 10.5. The first-order valence-corrected chi connectivity index (χ1v) is 7.89. The summed E-state index contributed by atoms with van der Waals surface area (Å²) in [7, 11) is 1.64. The van der Waals surface area contributed by atoms with Crippen molar-refractivity contribution in [3.8, 4) is 0 Å². The quantitative estimate of drug-likeness (QED) is 0.897. The largest absolute Gasteiger partial charge is 0.379 e. The van der Waals surface area contributed by atoms with E-state index in [0.717, 1.165) is 5.69 Å². The molecule has 2 atom stereocenters. The van der Waals surface area contributed by atoms with Gasteiger partial charge in [0.1, 0.15) is 6.54 Å². The second-order valence-corrected chi connectivity index (χ2v) is 7.11. The molecule has 5 heteroatoms. The zero-order valence-corrected chi connectivity index (χ0v) is 13.6. The van der Waals surface area contributed by atoms with Crippen molar-refractivity contribution < 1.29 is 4.79 Å². The highest BCUT2D eigenvalue weighted by atomic mass is 16.1. The van der Waals surface area contributed by atoms with Crippen LogP contribution >= 0.6 is 0 Å². The van der Waals surface area contributed by atoms with E-state index in [1.54, 1.807) is 11.7 Å². The van der Waals surface area contributed by atoms with Crippen LogP contribution in [0, 0.1) is 11.3 Å². The Balaban J connectivity index is 2.01. The maximum Gasteiger partial charge on any atom is 0.241 e. The Hall–Kier alpha value is -1.52. The van der Waals surface area contributed by atoms with Gasteiger partial charge in [-0.2, -0.15) is 5.10 Å². The van der Waals surface area contributed by atoms with E-state index in [0.29, 0.717) is 17.4 Å². The molecule has 0 bridgehead atoms. The number of amides is 1. The lowest BCUT2D eigenvalue weighted by atomic mass is 9.69. The molecule has 2 rings (SSSR count). The van der Waals surface area contributed by atoms with Crippen molar-refractivity contribution in [2.45, 2.75) is 59.0 Å². The van der Waals surface area contributed by atoms with Crippen molar-refractivity contribution in [2.24, 2.45) is 11.3 Å². The van der Waals surface area contributed by atoms with Crippen LogP contribution in [0.2, 0.25) is 0 Å². The minimum Gasteiger partial charge on any atom is -0.379 e. The van der Waals surface area contributed by atoms with Gasteiger partial charge in [0.15, 0.2) is 0 Å². The number of anilines is 1. The minimum atomic E-state index is -0.0325. The first kappa shape index (κ1) is 15.9. The van der Waals surface area contributed by atoms with E-state index in [2.05, 4.69) is 36.5 Å². The van der Waals surface area contributed by atoms with Crippen molar-refractivity contribution in [1.29, 1.82) is 0 Å². The van der Waals surface area contributed by atoms with Crippen molar-refractivity contribution in [3.05, 3.63) is 12.4 Å². The van der Waals surface area contributed by atoms with Crippen LogP contribution in [-0.2, 0) is 11.3 Å². The molecule has 1 aromatic heterocycles. The van der Waals surface area contributed by atoms with Gasteiger partial charge >= 0.3 is 0 Å². The molecule has 2 unspecified atom stereocenters. The third kappa shape index (κ3) is 4.22. The van der Waals surface area contributed by atoms with Gasteiger partial charge in [0.2, 0.25) is 5.91 Å². The molecule has 21 heavy (non-hydrogen) atoms. The van der Waals surface area contributed by atoms with Crippen LogP contribution in [0.5, 0.6) is 0 Å². The number of hydrogen-bond acceptors (Lipinski definition) is 3. The van der Waals surface area contributed by atoms with Crippen LogP contribution in [0.3, 0.4) is 0 Å². The van der Waals surface area contributed by atoms with Gasteiger partial charge in [0.25, 0.3) is 0 Å². The number of hydrogen-bond donors (Lipinski definition) is 2. The Morgan fingerprint density at radius 1 is 1.38 bits per heavy atom. The van der Waals surface area contributed by atoms with E-state index in [-0.39, 0.29) is 12.5 Å². The van der Waals surface area contributed by atoms with E-state index >= 15 is 0 Å². The highest BCUT2D eigenvalue weighted by molar-refractivity contribution is 5.75. The van der Waals surface area contributed by atoms with Crippen LogP contribution in [-0.4, -0.2) is 28.8 Å². The van der Waals surface area contributed by atoms with Crippen molar-refractivity contribution in [1.82, 2.24) is 15.1 Å². The topological polar surface area (TPSA) is 59.0 Å². The summed E-state index contributed by atoms with van der Waals surface area (Å²) in [6.45, 7) is 7.25. The summed E-state index contributed by atoms with van der Waals surface area (Å²) in [5.41, 5.74) is 1.33. The van der Waals surface area contributed by atoms with Crippen LogP contribution in [0.15, 0.2) is 12.4 Å². The molecule has 2 N–H and O–H groups in total. The van der Waals surface area contributed by atoms with E-state index < -0.39 is 0 Å². The molecule has 1 saturated carbocycles. The predicted octanol–water partition coefficient (Wildman–Crippen LogP) is 2.65. The van der Waals surface area contributed by atoms with E-state index in [4.69, 9.17) is 0 Å². The highest BCUT2D eigenvalue weighted by Gasteiger charge is 2.34. The van der Waals surface area contributed by atoms with E-state index in [1.807, 2.05) is 12.4 Å². The van der Waals surface area contributed by atoms with Gasteiger partial charge < -0.3 is 10.6 Å². The Labute approximate surface area is 127 Å². The number of rotatable bonds is 4. The third-order valence-corrected chi connectivity index (χ3v) is 4.45. The second kappa shape index (κ2) is 6.50. The molecule has 1 fully saturated rings. The summed E-state index contributed by atoms with van der Waals surface area (Å²) in [6, 6.07) is 0.497. The van der Waals surface area contributed by atoms with Crippen LogP contribution in [0.4, 0.5) is 5.69 Å². The van der Waals surface area contributed by atoms with Gasteiger partial charge in [-0.1, -0.05) is 33.6 Å². The number of aromatic nitrogens is 2. The minimum absolute atomic E-state index is 0.0325. The maximum atomic E-state index is 11.4. The fraction of sp³-hybridized carbons (Fsp3) is 0.750. The van der Waals surface area contributed by atoms with Crippen molar-refractivity contribution in [3.63, 3.8) is 0 Å². The van der Waals surface area contributed by atoms with Crippen LogP contribution in [0.25, 0.3) is 0 Å². The molecular weight excluding hydrogens is 264 g/mol. The van der Waals surface area contributed by atoms with Gasteiger partial charge in [-0.25, -0.2) is 0 Å². The molecule has 0 spiro atoms. The lowest BCUT2D eigenvalue weighted by Crippen LogP contribution is -2.39. The molecule has 1 aliphatic carbocycles. The molecule has 0 aromatic carbocycles. The molecule has 0 aliphatic heterocycles. The average Bonchev–Trinajstić information content (AvgIpc) is 2.85. The molecular formula is C16H28N4O. The highest BCUT2D eigenvalue weighted by Crippen LogP contribution is 2.39. The van der Waals surface area contributed by atoms with Crippen LogP contribution in [0.1, 0.15) is 46.5 Å². The number of nitrogens with zero attached hydrogens (tertiary/aromatic N) is 2. The van der Waals surface area contributed by atoms with Gasteiger partial charge in [-0.05, 0) is 24.2 Å². The lowest BCUT2D eigenvalue weighted by Gasteiger charge is -2.41. The standard InChI is InChI=1S/C16H28N4O/c1-16(2,3)13-7-5-6-8-14(13)19-12-9-18-20(10-12)11-15(21)17-4/h9-10,13-14,19H,5-8,11H2,1-4H3,(H,17,21). The van der Waals surface area contributed by atoms with Crippen molar-refractivity contribution in [2.75, 3.05) is 12.4 Å². The summed E-state index contributed by atoms with van der Waals surface area (Å²) < 4.78 is 1.68. The number of carbonyl (C=O) groups is 1. The Morgan fingerprint density at radius 2 is 2.10 bits per heavy atom. The average molecular weight is 292 g/mol. The number of likely N-dealkylation sites (N-methyl/N-ethyl adjacent to an activating group) is 1. The second-order valence-electron chi connectivity index (χ2n) is 7.11. The first-order chi connectivity index (χ1) is 9.90. The van der Waals surface area contributed by atoms with Gasteiger partial charge in [0, 0.05) is 19.3 Å². The smallest absolute Gasteiger partial charge is 0.241 e. The zero-order chi connectivity index (χ0) is 15.5. The molecule has 1 aromatic rings. The molecule has 118 valence electrons. The molecule has 0 saturated heterocycles. The predicted molar refractivity (Wildman–Crippen MR) is 85.1 cm³/mol. The van der Waals surface area contributed by atoms with Crippen molar-refractivity contribution >= 4 is 11.6 Å². The fourth-order valence-corrected chi connectivity index (χ4v) is 3.31. The van der Waals surface area contributed by atoms with Crippen LogP contribution < -0.4 is 10.6 Å². The van der Waals surface area contributed by atoms with Gasteiger partial charge in [-0.15, -0.1) is 0 Å². The lowest BCUT2D eigenvalue weighted by molar-refractivity contribution is -0.121. The zero-order valence-electron chi connectivity index (χ0n) is 13.6. The van der Waals surface area contributed by atoms with E-state index in [1.165, 1.54) is 25.7 Å². The normalized spacial score (nSPS) is 22.9. The summed E-state index contributed by atoms with van der Waals surface area (Å²) in [4.78, 5) is 11.4. The molecule has 1 aliphatic rings. The summed E-state index contributed by atoms with van der Waals surface area (Å²) in [6.07, 6.45) is 8.85. The fourth-order valence-electron chi connectivity index (χ4n) is 3.31. The number of nitrogens with one attached hydrogen (secondary N) is 2. The Morgan fingerprint density at radius 3 is 2.76 bits per heavy atom. The molecule has 1 heterocycles. The Kier molecular flexibility index (Phi) is 4.91. The third-order valence-electron chi connectivity index (χ3n) is 4.45. The molecule has 5 nitrogen and oxygen atoms in total. The SMILES string of the molecule is CNC(=O)Cn1cc(NC2CCCCC2C(C)(C)C)cn1. The van der Waals surface area contributed by atoms with E-state index in [9.17, 15) is 4.79 Å². The Bertz CT molecular complexity index is 475. The monoisotopic (exact) mass is 292 g/mol. The molecule has 0 radical (unpaired) electrons. The van der Waals surface area contributed by atoms with Gasteiger partial charge in [-0.3, -0.25) is 9.48 Å². The summed E-state index contributed by atoms with van der Waals surface area (Å²) >= 11 is 0. The number of carbonyl (C=O) groups excluding carboxylic acids is 1.